The van der Waals surface area contributed by atoms with E-state index in [4.69, 9.17) is 20.6 Å². The molecule has 3 amide bonds. The van der Waals surface area contributed by atoms with Crippen molar-refractivity contribution in [3.05, 3.63) is 18.0 Å². The molecule has 1 aromatic rings. The molecule has 2 N–H and O–H groups in total. The van der Waals surface area contributed by atoms with Gasteiger partial charge in [-0.25, -0.2) is 9.18 Å². The van der Waals surface area contributed by atoms with Crippen molar-refractivity contribution in [2.75, 3.05) is 19.8 Å². The summed E-state index contributed by atoms with van der Waals surface area (Å²) in [6.45, 7) is 9.94. The highest BCUT2D eigenvalue weighted by molar-refractivity contribution is 5.93. The van der Waals surface area contributed by atoms with E-state index in [1.807, 2.05) is 20.8 Å². The number of nitrogens with one attached hydrogen (secondary N) is 2. The second-order valence-corrected chi connectivity index (χ2v) is 12.8. The average molecular weight is 571 g/mol. The van der Waals surface area contributed by atoms with E-state index < -0.39 is 47.6 Å². The number of carbonyl (C=O) groups excluding carboxylic acids is 3. The van der Waals surface area contributed by atoms with Gasteiger partial charge in [-0.3, -0.25) is 14.6 Å². The number of hydrogen-bond acceptors (Lipinski definition) is 7. The number of alkyl carbamates (subject to hydrolysis) is 1. The fourth-order valence-electron chi connectivity index (χ4n) is 7.09. The molecule has 3 heterocycles. The summed E-state index contributed by atoms with van der Waals surface area (Å²) < 4.78 is 31.7. The summed E-state index contributed by atoms with van der Waals surface area (Å²) in [5.74, 6) is 1.98. The van der Waals surface area contributed by atoms with Crippen LogP contribution in [0.2, 0.25) is 0 Å². The van der Waals surface area contributed by atoms with Crippen LogP contribution in [0.4, 0.5) is 9.18 Å². The predicted molar refractivity (Wildman–Crippen MR) is 147 cm³/mol. The topological polar surface area (TPSA) is 119 Å². The van der Waals surface area contributed by atoms with E-state index in [-0.39, 0.29) is 29.8 Å². The van der Waals surface area contributed by atoms with Crippen LogP contribution < -0.4 is 20.1 Å². The van der Waals surface area contributed by atoms with Gasteiger partial charge in [0.1, 0.15) is 37.5 Å². The maximum absolute atomic E-state index is 15.1. The van der Waals surface area contributed by atoms with Gasteiger partial charge in [-0.05, 0) is 55.8 Å². The van der Waals surface area contributed by atoms with Gasteiger partial charge in [-0.15, -0.1) is 6.42 Å². The zero-order valence-electron chi connectivity index (χ0n) is 24.2. The van der Waals surface area contributed by atoms with E-state index in [1.54, 1.807) is 13.8 Å². The molecule has 5 rings (SSSR count). The van der Waals surface area contributed by atoms with Gasteiger partial charge in [0, 0.05) is 12.7 Å². The van der Waals surface area contributed by atoms with E-state index in [9.17, 15) is 14.4 Å². The van der Waals surface area contributed by atoms with Crippen molar-refractivity contribution in [1.29, 1.82) is 0 Å². The van der Waals surface area contributed by atoms with E-state index in [2.05, 4.69) is 21.5 Å². The fraction of sp³-hybridized carbons (Fsp3) is 0.667. The smallest absolute Gasteiger partial charge is 0.408 e. The van der Waals surface area contributed by atoms with Gasteiger partial charge >= 0.3 is 6.09 Å². The number of alkyl halides is 1. The first kappa shape index (κ1) is 29.0. The summed E-state index contributed by atoms with van der Waals surface area (Å²) in [7, 11) is 0. The van der Waals surface area contributed by atoms with Crippen LogP contribution in [0.25, 0.3) is 0 Å². The van der Waals surface area contributed by atoms with Gasteiger partial charge in [-0.2, -0.15) is 0 Å². The van der Waals surface area contributed by atoms with Crippen LogP contribution in [0, 0.1) is 41.4 Å². The van der Waals surface area contributed by atoms with Crippen LogP contribution in [0.15, 0.2) is 12.4 Å². The molecular weight excluding hydrogens is 531 g/mol. The van der Waals surface area contributed by atoms with E-state index in [0.29, 0.717) is 49.7 Å². The standard InChI is InChI=1S/C30H39FN4O6/c1-7-21(18-12-32-13-22-25(18)40-9-8-39-22)33-27(36)24-23-17-10-16(11-20(17)31)19(23)14-35(24)28(37)26(30(4,5)6)34-29(38)41-15(2)3/h1,12-13,15-17,19-21,23-24,26H,8-11,14H2,2-6H3,(H,33,36)(H,34,38)/t16-,17+,19+,20+,21?,23-,24-,26+/m0/s1. The number of hydrogen-bond donors (Lipinski definition) is 2. The van der Waals surface area contributed by atoms with Gasteiger partial charge in [-0.1, -0.05) is 26.7 Å². The van der Waals surface area contributed by atoms with E-state index >= 15 is 4.39 Å². The number of carbonyl (C=O) groups is 3. The molecule has 10 nitrogen and oxygen atoms in total. The first-order chi connectivity index (χ1) is 19.4. The van der Waals surface area contributed by atoms with Crippen molar-refractivity contribution in [3.63, 3.8) is 0 Å². The lowest BCUT2D eigenvalue weighted by molar-refractivity contribution is -0.143. The molecule has 0 spiro atoms. The first-order valence-electron chi connectivity index (χ1n) is 14.3. The molecule has 3 fully saturated rings. The summed E-state index contributed by atoms with van der Waals surface area (Å²) in [4.78, 5) is 46.6. The van der Waals surface area contributed by atoms with Gasteiger partial charge < -0.3 is 29.7 Å². The SMILES string of the molecule is C#CC(NC(=O)[C@@H]1[C@@H]2[C@H](CN1C(=O)[C@@H](NC(=O)OC(C)C)C(C)(C)C)[C@H]1C[C@@H]2[C@H](F)C1)c1cncc2c1OCCO2. The Labute approximate surface area is 240 Å². The molecule has 1 saturated heterocycles. The van der Waals surface area contributed by atoms with Crippen molar-refractivity contribution in [1.82, 2.24) is 20.5 Å². The summed E-state index contributed by atoms with van der Waals surface area (Å²) in [5, 5.41) is 5.63. The van der Waals surface area contributed by atoms with Crippen molar-refractivity contribution in [2.45, 2.75) is 77.9 Å². The zero-order valence-corrected chi connectivity index (χ0v) is 24.2. The van der Waals surface area contributed by atoms with Crippen LogP contribution in [0.5, 0.6) is 11.5 Å². The number of aromatic nitrogens is 1. The molecule has 222 valence electrons. The minimum Gasteiger partial charge on any atom is -0.486 e. The van der Waals surface area contributed by atoms with Gasteiger partial charge in [0.15, 0.2) is 11.5 Å². The third-order valence-electron chi connectivity index (χ3n) is 8.78. The minimum absolute atomic E-state index is 0.0119. The fourth-order valence-corrected chi connectivity index (χ4v) is 7.09. The minimum atomic E-state index is -1.02. The molecule has 2 aliphatic heterocycles. The molecule has 8 atom stereocenters. The number of pyridine rings is 1. The second-order valence-electron chi connectivity index (χ2n) is 12.8. The number of amides is 3. The summed E-state index contributed by atoms with van der Waals surface area (Å²) in [5.41, 5.74) is -0.228. The van der Waals surface area contributed by atoms with Crippen LogP contribution >= 0.6 is 0 Å². The largest absolute Gasteiger partial charge is 0.486 e. The molecule has 4 aliphatic rings. The van der Waals surface area contributed by atoms with Crippen molar-refractivity contribution in [2.24, 2.45) is 29.1 Å². The van der Waals surface area contributed by atoms with Gasteiger partial charge in [0.25, 0.3) is 0 Å². The molecule has 1 aromatic heterocycles. The normalized spacial score (nSPS) is 29.4. The molecule has 2 bridgehead atoms. The highest BCUT2D eigenvalue weighted by Crippen LogP contribution is 2.58. The summed E-state index contributed by atoms with van der Waals surface area (Å²) >= 11 is 0. The molecule has 2 saturated carbocycles. The summed E-state index contributed by atoms with van der Waals surface area (Å²) in [6.07, 6.45) is 7.95. The lowest BCUT2D eigenvalue weighted by Gasteiger charge is -2.37. The molecule has 41 heavy (non-hydrogen) atoms. The third-order valence-corrected chi connectivity index (χ3v) is 8.78. The monoisotopic (exact) mass is 570 g/mol. The van der Waals surface area contributed by atoms with Crippen LogP contribution in [-0.2, 0) is 14.3 Å². The van der Waals surface area contributed by atoms with Crippen LogP contribution in [0.3, 0.4) is 0 Å². The Kier molecular flexibility index (Phi) is 7.79. The number of halogens is 1. The van der Waals surface area contributed by atoms with Gasteiger partial charge in [0.05, 0.1) is 17.9 Å². The van der Waals surface area contributed by atoms with E-state index in [0.717, 1.165) is 0 Å². The van der Waals surface area contributed by atoms with Crippen LogP contribution in [0.1, 0.15) is 59.1 Å². The maximum Gasteiger partial charge on any atom is 0.408 e. The number of rotatable bonds is 6. The van der Waals surface area contributed by atoms with Gasteiger partial charge in [0.2, 0.25) is 11.8 Å². The summed E-state index contributed by atoms with van der Waals surface area (Å²) in [6, 6.07) is -2.84. The van der Waals surface area contributed by atoms with Crippen molar-refractivity contribution in [3.8, 4) is 23.8 Å². The highest BCUT2D eigenvalue weighted by atomic mass is 19.1. The Morgan fingerprint density at radius 2 is 1.88 bits per heavy atom. The Bertz CT molecular complexity index is 1240. The molecule has 0 radical (unpaired) electrons. The molecule has 11 heteroatoms. The van der Waals surface area contributed by atoms with Crippen molar-refractivity contribution < 1.29 is 33.0 Å². The Balaban J connectivity index is 1.45. The number of terminal acetylenes is 1. The number of fused-ring (bicyclic) bond motifs is 6. The number of ether oxygens (including phenoxy) is 3. The molecular formula is C30H39FN4O6. The quantitative estimate of drug-likeness (QED) is 0.505. The Hall–Kier alpha value is -3.55. The second kappa shape index (κ2) is 11.0. The third kappa shape index (κ3) is 5.41. The molecule has 1 unspecified atom stereocenters. The lowest BCUT2D eigenvalue weighted by atomic mass is 9.77. The Morgan fingerprint density at radius 3 is 2.56 bits per heavy atom. The Morgan fingerprint density at radius 1 is 1.15 bits per heavy atom. The lowest BCUT2D eigenvalue weighted by Crippen LogP contribution is -2.59. The predicted octanol–water partition coefficient (Wildman–Crippen LogP) is 3.01. The van der Waals surface area contributed by atoms with Crippen molar-refractivity contribution >= 4 is 17.9 Å². The molecule has 2 aliphatic carbocycles. The average Bonchev–Trinajstić information content (AvgIpc) is 3.59. The molecule has 0 aromatic carbocycles. The number of nitrogens with zero attached hydrogens (tertiary/aromatic N) is 2. The van der Waals surface area contributed by atoms with E-state index in [1.165, 1.54) is 17.3 Å². The van der Waals surface area contributed by atoms with Crippen LogP contribution in [-0.4, -0.2) is 71.9 Å². The highest BCUT2D eigenvalue weighted by Gasteiger charge is 2.63. The zero-order chi connectivity index (χ0) is 29.6. The number of likely N-dealkylation sites (tertiary alicyclic amines) is 1. The maximum atomic E-state index is 15.1. The first-order valence-corrected chi connectivity index (χ1v) is 14.3.